The van der Waals surface area contributed by atoms with Crippen molar-refractivity contribution in [3.8, 4) is 0 Å². The average Bonchev–Trinajstić information content (AvgIpc) is 3.30. The van der Waals surface area contributed by atoms with Crippen molar-refractivity contribution in [3.63, 3.8) is 0 Å². The van der Waals surface area contributed by atoms with Crippen molar-refractivity contribution in [1.29, 1.82) is 0 Å². The Kier molecular flexibility index (Phi) is 9.72. The van der Waals surface area contributed by atoms with Crippen LogP contribution < -0.4 is 10.2 Å². The number of nitrogens with zero attached hydrogens (tertiary/aromatic N) is 6. The van der Waals surface area contributed by atoms with Gasteiger partial charge in [-0.2, -0.15) is 0 Å². The molecular weight excluding hydrogens is 526 g/mol. The smallest absolute Gasteiger partial charge is 0.204 e. The third-order valence-corrected chi connectivity index (χ3v) is 8.05. The van der Waals surface area contributed by atoms with E-state index >= 15 is 0 Å². The number of aliphatic hydroxyl groups excluding tert-OH is 1. The molecule has 1 aliphatic heterocycles. The number of rotatable bonds is 12. The second kappa shape index (κ2) is 13.6. The fourth-order valence-corrected chi connectivity index (χ4v) is 5.72. The quantitative estimate of drug-likeness (QED) is 0.240. The van der Waals surface area contributed by atoms with Gasteiger partial charge in [-0.05, 0) is 88.5 Å². The Hall–Kier alpha value is -3.53. The highest BCUT2D eigenvalue weighted by molar-refractivity contribution is 5.80. The number of aliphatic hydroxyl groups is 1. The van der Waals surface area contributed by atoms with Crippen LogP contribution in [0.25, 0.3) is 11.0 Å². The number of hydrogen-bond acceptors (Lipinski definition) is 8. The van der Waals surface area contributed by atoms with E-state index in [-0.39, 0.29) is 6.61 Å². The summed E-state index contributed by atoms with van der Waals surface area (Å²) < 4.78 is 7.73. The van der Waals surface area contributed by atoms with Gasteiger partial charge in [-0.1, -0.05) is 12.1 Å². The molecule has 0 saturated carbocycles. The van der Waals surface area contributed by atoms with Crippen LogP contribution in [0.2, 0.25) is 0 Å². The molecule has 2 aromatic carbocycles. The molecular formula is C33H45N7O2. The summed E-state index contributed by atoms with van der Waals surface area (Å²) in [6.07, 6.45) is 1.03. The highest BCUT2D eigenvalue weighted by atomic mass is 16.5. The van der Waals surface area contributed by atoms with Gasteiger partial charge in [-0.3, -0.25) is 14.9 Å². The first-order valence-electron chi connectivity index (χ1n) is 15.1. The molecule has 0 spiro atoms. The van der Waals surface area contributed by atoms with Crippen LogP contribution in [-0.4, -0.2) is 82.1 Å². The zero-order chi connectivity index (χ0) is 29.6. The van der Waals surface area contributed by atoms with Crippen molar-refractivity contribution >= 4 is 22.7 Å². The number of aryl methyl sites for hydroxylation is 5. The lowest BCUT2D eigenvalue weighted by molar-refractivity contribution is 0.0378. The first-order chi connectivity index (χ1) is 20.3. The molecule has 42 heavy (non-hydrogen) atoms. The number of anilines is 2. The average molecular weight is 572 g/mol. The van der Waals surface area contributed by atoms with E-state index in [4.69, 9.17) is 19.7 Å². The van der Waals surface area contributed by atoms with E-state index in [0.29, 0.717) is 19.6 Å². The van der Waals surface area contributed by atoms with Crippen molar-refractivity contribution < 1.29 is 9.84 Å². The fourth-order valence-electron chi connectivity index (χ4n) is 5.72. The minimum absolute atomic E-state index is 0.0937. The zero-order valence-electron chi connectivity index (χ0n) is 25.8. The van der Waals surface area contributed by atoms with Crippen LogP contribution >= 0.6 is 0 Å². The highest BCUT2D eigenvalue weighted by Gasteiger charge is 2.17. The molecule has 1 saturated heterocycles. The number of aromatic nitrogens is 4. The maximum Gasteiger partial charge on any atom is 0.204 e. The van der Waals surface area contributed by atoms with Gasteiger partial charge in [0.05, 0.1) is 60.2 Å². The predicted octanol–water partition coefficient (Wildman–Crippen LogP) is 4.55. The summed E-state index contributed by atoms with van der Waals surface area (Å²) in [7, 11) is 0. The van der Waals surface area contributed by atoms with Gasteiger partial charge in [0.2, 0.25) is 5.95 Å². The molecule has 224 valence electrons. The molecule has 0 amide bonds. The molecule has 2 aromatic heterocycles. The topological polar surface area (TPSA) is 91.6 Å². The van der Waals surface area contributed by atoms with Crippen LogP contribution in [0.5, 0.6) is 0 Å². The standard InChI is InChI=1S/C33H45N7O2/c1-23-17-24(2)19-29(18-23)39(11-14-41)21-28-7-8-30-32(20-28)40(22-31-27(5)35-25(3)26(4)36-31)33(37-30)34-9-6-10-38-12-15-42-16-13-38/h7-8,17-20,41H,6,9-16,21-22H2,1-5H3,(H,34,37). The van der Waals surface area contributed by atoms with E-state index in [0.717, 1.165) is 96.8 Å². The van der Waals surface area contributed by atoms with Crippen molar-refractivity contribution in [2.75, 3.05) is 62.8 Å². The third-order valence-electron chi connectivity index (χ3n) is 8.05. The number of morpholine rings is 1. The van der Waals surface area contributed by atoms with Gasteiger partial charge in [-0.15, -0.1) is 0 Å². The number of fused-ring (bicyclic) bond motifs is 1. The minimum Gasteiger partial charge on any atom is -0.395 e. The molecule has 2 N–H and O–H groups in total. The number of benzene rings is 2. The minimum atomic E-state index is 0.0937. The van der Waals surface area contributed by atoms with Gasteiger partial charge in [0, 0.05) is 38.4 Å². The van der Waals surface area contributed by atoms with Crippen LogP contribution in [0.4, 0.5) is 11.6 Å². The van der Waals surface area contributed by atoms with Gasteiger partial charge in [0.25, 0.3) is 0 Å². The maximum absolute atomic E-state index is 9.87. The summed E-state index contributed by atoms with van der Waals surface area (Å²) >= 11 is 0. The third kappa shape index (κ3) is 7.27. The van der Waals surface area contributed by atoms with Crippen molar-refractivity contribution in [2.24, 2.45) is 0 Å². The van der Waals surface area contributed by atoms with Gasteiger partial charge < -0.3 is 24.6 Å². The number of hydrogen-bond donors (Lipinski definition) is 2. The molecule has 0 unspecified atom stereocenters. The van der Waals surface area contributed by atoms with E-state index in [9.17, 15) is 5.11 Å². The molecule has 4 aromatic rings. The van der Waals surface area contributed by atoms with Crippen molar-refractivity contribution in [1.82, 2.24) is 24.4 Å². The predicted molar refractivity (Wildman–Crippen MR) is 169 cm³/mol. The van der Waals surface area contributed by atoms with Crippen LogP contribution in [0, 0.1) is 34.6 Å². The van der Waals surface area contributed by atoms with Gasteiger partial charge in [-0.25, -0.2) is 4.98 Å². The summed E-state index contributed by atoms with van der Waals surface area (Å²) in [5.74, 6) is 0.852. The van der Waals surface area contributed by atoms with Crippen molar-refractivity contribution in [3.05, 3.63) is 75.9 Å². The fraction of sp³-hybridized carbons (Fsp3) is 0.485. The molecule has 0 bridgehead atoms. The lowest BCUT2D eigenvalue weighted by Gasteiger charge is -2.26. The zero-order valence-corrected chi connectivity index (χ0v) is 25.8. The molecule has 0 radical (unpaired) electrons. The van der Waals surface area contributed by atoms with Crippen LogP contribution in [0.15, 0.2) is 36.4 Å². The van der Waals surface area contributed by atoms with E-state index in [2.05, 4.69) is 69.9 Å². The Morgan fingerprint density at radius 3 is 2.38 bits per heavy atom. The highest BCUT2D eigenvalue weighted by Crippen LogP contribution is 2.26. The first kappa shape index (κ1) is 29.9. The van der Waals surface area contributed by atoms with Gasteiger partial charge in [0.1, 0.15) is 0 Å². The lowest BCUT2D eigenvalue weighted by atomic mass is 10.1. The molecule has 0 aliphatic carbocycles. The SMILES string of the molecule is Cc1cc(C)cc(N(CCO)Cc2ccc3nc(NCCCN4CCOCC4)n(Cc4nc(C)c(C)nc4C)c3c2)c1. The Labute approximate surface area is 249 Å². The Bertz CT molecular complexity index is 1490. The summed E-state index contributed by atoms with van der Waals surface area (Å²) in [6, 6.07) is 13.0. The Morgan fingerprint density at radius 2 is 1.64 bits per heavy atom. The summed E-state index contributed by atoms with van der Waals surface area (Å²) in [5.41, 5.74) is 10.5. The molecule has 9 heteroatoms. The molecule has 9 nitrogen and oxygen atoms in total. The molecule has 5 rings (SSSR count). The van der Waals surface area contributed by atoms with E-state index in [1.807, 2.05) is 20.8 Å². The van der Waals surface area contributed by atoms with E-state index in [1.165, 1.54) is 11.1 Å². The first-order valence-corrected chi connectivity index (χ1v) is 15.1. The van der Waals surface area contributed by atoms with Gasteiger partial charge >= 0.3 is 0 Å². The summed E-state index contributed by atoms with van der Waals surface area (Å²) in [6.45, 7) is 17.7. The second-order valence-electron chi connectivity index (χ2n) is 11.5. The number of ether oxygens (including phenoxy) is 1. The summed E-state index contributed by atoms with van der Waals surface area (Å²) in [4.78, 5) is 19.4. The van der Waals surface area contributed by atoms with Gasteiger partial charge in [0.15, 0.2) is 0 Å². The molecule has 3 heterocycles. The second-order valence-corrected chi connectivity index (χ2v) is 11.5. The monoisotopic (exact) mass is 571 g/mol. The summed E-state index contributed by atoms with van der Waals surface area (Å²) in [5, 5.41) is 13.5. The Balaban J connectivity index is 1.43. The molecule has 1 fully saturated rings. The van der Waals surface area contributed by atoms with Crippen LogP contribution in [0.3, 0.4) is 0 Å². The van der Waals surface area contributed by atoms with E-state index < -0.39 is 0 Å². The maximum atomic E-state index is 9.87. The lowest BCUT2D eigenvalue weighted by Crippen LogP contribution is -2.37. The normalized spacial score (nSPS) is 14.0. The van der Waals surface area contributed by atoms with E-state index in [1.54, 1.807) is 0 Å². The largest absolute Gasteiger partial charge is 0.395 e. The number of nitrogens with one attached hydrogen (secondary N) is 1. The molecule has 1 aliphatic rings. The van der Waals surface area contributed by atoms with Crippen molar-refractivity contribution in [2.45, 2.75) is 54.1 Å². The van der Waals surface area contributed by atoms with Crippen LogP contribution in [0.1, 0.15) is 45.9 Å². The Morgan fingerprint density at radius 1 is 0.905 bits per heavy atom. The molecule has 0 atom stereocenters. The number of imidazole rings is 1. The van der Waals surface area contributed by atoms with Crippen LogP contribution in [-0.2, 0) is 17.8 Å².